The second-order valence-corrected chi connectivity index (χ2v) is 8.74. The highest BCUT2D eigenvalue weighted by atomic mass is 32.2. The summed E-state index contributed by atoms with van der Waals surface area (Å²) >= 11 is 0. The molecule has 130 valence electrons. The molecular weight excluding hydrogens is 347 g/mol. The van der Waals surface area contributed by atoms with E-state index in [2.05, 4.69) is 0 Å². The molecule has 2 rings (SSSR count). The van der Waals surface area contributed by atoms with Crippen molar-refractivity contribution in [3.05, 3.63) is 54.6 Å². The lowest BCUT2D eigenvalue weighted by atomic mass is 10.3. The molecule has 0 saturated carbocycles. The molecule has 0 aromatic heterocycles. The largest absolute Gasteiger partial charge is 0.457 e. The third-order valence-corrected chi connectivity index (χ3v) is 7.30. The summed E-state index contributed by atoms with van der Waals surface area (Å²) in [5, 5.41) is 0. The van der Waals surface area contributed by atoms with Gasteiger partial charge in [0.15, 0.2) is 0 Å². The fourth-order valence-corrected chi connectivity index (χ4v) is 5.65. The molecule has 0 amide bonds. The molecule has 2 aromatic rings. The molecule has 0 N–H and O–H groups in total. The smallest absolute Gasteiger partial charge is 0.343 e. The van der Waals surface area contributed by atoms with Crippen LogP contribution in [0.2, 0.25) is 0 Å². The highest BCUT2D eigenvalue weighted by Crippen LogP contribution is 2.49. The Bertz CT molecular complexity index is 693. The molecule has 24 heavy (non-hydrogen) atoms. The van der Waals surface area contributed by atoms with Gasteiger partial charge in [0.2, 0.25) is 0 Å². The van der Waals surface area contributed by atoms with Crippen LogP contribution in [-0.2, 0) is 24.4 Å². The van der Waals surface area contributed by atoms with Gasteiger partial charge in [-0.05, 0) is 50.2 Å². The van der Waals surface area contributed by atoms with Crippen molar-refractivity contribution in [2.24, 2.45) is 0 Å². The Hall–Kier alpha value is -1.46. The molecule has 0 heterocycles. The first-order valence-electron chi connectivity index (χ1n) is 7.66. The van der Waals surface area contributed by atoms with E-state index in [0.717, 1.165) is 5.75 Å². The van der Waals surface area contributed by atoms with E-state index in [1.165, 1.54) is 0 Å². The van der Waals surface area contributed by atoms with Gasteiger partial charge in [0.1, 0.15) is 17.0 Å². The summed E-state index contributed by atoms with van der Waals surface area (Å²) in [7, 11) is -4.82. The Kier molecular flexibility index (Phi) is 7.18. The summed E-state index contributed by atoms with van der Waals surface area (Å²) in [4.78, 5) is 0.551. The molecule has 7 heteroatoms. The van der Waals surface area contributed by atoms with E-state index in [1.54, 1.807) is 38.1 Å². The zero-order chi connectivity index (χ0) is 17.4. The Morgan fingerprint density at radius 1 is 0.875 bits per heavy atom. The molecule has 0 fully saturated rings. The topological polar surface area (TPSA) is 61.8 Å². The van der Waals surface area contributed by atoms with Crippen molar-refractivity contribution < 1.29 is 22.6 Å². The number of hydrogen-bond donors (Lipinski definition) is 0. The maximum Gasteiger partial charge on any atom is 0.343 e. The van der Waals surface area contributed by atoms with Gasteiger partial charge < -0.3 is 13.8 Å². The van der Waals surface area contributed by atoms with E-state index in [1.807, 2.05) is 30.3 Å². The van der Waals surface area contributed by atoms with E-state index >= 15 is 0 Å². The van der Waals surface area contributed by atoms with Gasteiger partial charge >= 0.3 is 7.60 Å². The van der Waals surface area contributed by atoms with E-state index in [9.17, 15) is 8.77 Å². The maximum absolute atomic E-state index is 12.4. The van der Waals surface area contributed by atoms with Crippen molar-refractivity contribution in [1.29, 1.82) is 0 Å². The van der Waals surface area contributed by atoms with Crippen LogP contribution in [0.25, 0.3) is 0 Å². The number of benzene rings is 2. The first-order valence-corrected chi connectivity index (χ1v) is 10.7. The fourth-order valence-electron chi connectivity index (χ4n) is 2.01. The molecule has 0 radical (unpaired) electrons. The predicted molar refractivity (Wildman–Crippen MR) is 95.1 cm³/mol. The van der Waals surface area contributed by atoms with Crippen LogP contribution >= 0.6 is 7.60 Å². The maximum atomic E-state index is 12.4. The van der Waals surface area contributed by atoms with Gasteiger partial charge in [-0.15, -0.1) is 0 Å². The highest BCUT2D eigenvalue weighted by Gasteiger charge is 2.27. The van der Waals surface area contributed by atoms with Gasteiger partial charge in [0.25, 0.3) is 0 Å². The fraction of sp³-hybridized carbons (Fsp3) is 0.294. The molecular formula is C17H21O5PS. The predicted octanol–water partition coefficient (Wildman–Crippen LogP) is 4.81. The van der Waals surface area contributed by atoms with E-state index in [0.29, 0.717) is 10.6 Å². The Labute approximate surface area is 144 Å². The van der Waals surface area contributed by atoms with Crippen molar-refractivity contribution in [2.75, 3.05) is 18.7 Å². The van der Waals surface area contributed by atoms with Crippen molar-refractivity contribution in [2.45, 2.75) is 18.7 Å². The Morgan fingerprint density at radius 2 is 1.42 bits per heavy atom. The first-order chi connectivity index (χ1) is 11.6. The SMILES string of the molecule is CCOP(=O)(CS(=O)c1ccc(Oc2ccccc2)cc1)OCC. The average Bonchev–Trinajstić information content (AvgIpc) is 2.56. The van der Waals surface area contributed by atoms with Gasteiger partial charge in [-0.3, -0.25) is 8.77 Å². The number of ether oxygens (including phenoxy) is 1. The minimum atomic E-state index is -3.34. The van der Waals surface area contributed by atoms with E-state index in [4.69, 9.17) is 13.8 Å². The quantitative estimate of drug-likeness (QED) is 0.595. The number of hydrogen-bond acceptors (Lipinski definition) is 5. The minimum Gasteiger partial charge on any atom is -0.457 e. The van der Waals surface area contributed by atoms with Crippen molar-refractivity contribution >= 4 is 18.4 Å². The summed E-state index contributed by atoms with van der Waals surface area (Å²) in [6.07, 6.45) is 0. The van der Waals surface area contributed by atoms with Crippen molar-refractivity contribution in [3.8, 4) is 11.5 Å². The number of para-hydroxylation sites is 1. The standard InChI is InChI=1S/C17H21O5PS/c1-3-20-23(18,21-4-2)14-24(19)17-12-10-16(11-13-17)22-15-8-6-5-7-9-15/h5-13H,3-4,14H2,1-2H3. The van der Waals surface area contributed by atoms with Gasteiger partial charge in [-0.2, -0.15) is 0 Å². The van der Waals surface area contributed by atoms with Crippen LogP contribution in [-0.4, -0.2) is 22.9 Å². The third-order valence-electron chi connectivity index (χ3n) is 2.99. The molecule has 0 spiro atoms. The molecule has 0 bridgehead atoms. The molecule has 1 atom stereocenters. The summed E-state index contributed by atoms with van der Waals surface area (Å²) < 4.78 is 40.9. The molecule has 0 saturated heterocycles. The summed E-state index contributed by atoms with van der Waals surface area (Å²) in [6, 6.07) is 16.2. The second-order valence-electron chi connectivity index (χ2n) is 4.81. The lowest BCUT2D eigenvalue weighted by molar-refractivity contribution is 0.224. The molecule has 0 aliphatic heterocycles. The van der Waals surface area contributed by atoms with Gasteiger partial charge in [0.05, 0.1) is 24.0 Å². The summed E-state index contributed by atoms with van der Waals surface area (Å²) in [5.41, 5.74) is -0.159. The third kappa shape index (κ3) is 5.56. The van der Waals surface area contributed by atoms with Crippen LogP contribution in [0.15, 0.2) is 59.5 Å². The summed E-state index contributed by atoms with van der Waals surface area (Å²) in [5.74, 6) is 1.36. The Balaban J connectivity index is 2.04. The average molecular weight is 368 g/mol. The van der Waals surface area contributed by atoms with E-state index < -0.39 is 18.4 Å². The van der Waals surface area contributed by atoms with Gasteiger partial charge in [0, 0.05) is 4.90 Å². The van der Waals surface area contributed by atoms with Crippen LogP contribution in [0.5, 0.6) is 11.5 Å². The van der Waals surface area contributed by atoms with Gasteiger partial charge in [-0.1, -0.05) is 18.2 Å². The normalized spacial score (nSPS) is 12.8. The molecule has 5 nitrogen and oxygen atoms in total. The second kappa shape index (κ2) is 9.14. The lowest BCUT2D eigenvalue weighted by Crippen LogP contribution is -2.05. The van der Waals surface area contributed by atoms with Crippen LogP contribution in [0.3, 0.4) is 0 Å². The van der Waals surface area contributed by atoms with Crippen molar-refractivity contribution in [3.63, 3.8) is 0 Å². The van der Waals surface area contributed by atoms with Crippen LogP contribution in [0, 0.1) is 0 Å². The summed E-state index contributed by atoms with van der Waals surface area (Å²) in [6.45, 7) is 3.95. The first kappa shape index (κ1) is 18.9. The zero-order valence-corrected chi connectivity index (χ0v) is 15.4. The highest BCUT2D eigenvalue weighted by molar-refractivity contribution is 7.92. The van der Waals surface area contributed by atoms with Crippen LogP contribution in [0.1, 0.15) is 13.8 Å². The molecule has 2 aromatic carbocycles. The Morgan fingerprint density at radius 3 is 1.96 bits per heavy atom. The molecule has 1 unspecified atom stereocenters. The van der Waals surface area contributed by atoms with Gasteiger partial charge in [-0.25, -0.2) is 0 Å². The number of rotatable bonds is 9. The van der Waals surface area contributed by atoms with Crippen LogP contribution < -0.4 is 4.74 Å². The van der Waals surface area contributed by atoms with Crippen LogP contribution in [0.4, 0.5) is 0 Å². The molecule has 0 aliphatic carbocycles. The lowest BCUT2D eigenvalue weighted by Gasteiger charge is -2.16. The van der Waals surface area contributed by atoms with E-state index in [-0.39, 0.29) is 18.7 Å². The monoisotopic (exact) mass is 368 g/mol. The zero-order valence-electron chi connectivity index (χ0n) is 13.7. The van der Waals surface area contributed by atoms with Crippen molar-refractivity contribution in [1.82, 2.24) is 0 Å². The minimum absolute atomic E-state index is 0.159. The molecule has 0 aliphatic rings.